The lowest BCUT2D eigenvalue weighted by molar-refractivity contribution is -0.193. The van der Waals surface area contributed by atoms with Crippen LogP contribution in [0.3, 0.4) is 0 Å². The number of rotatable bonds is 4. The van der Waals surface area contributed by atoms with Crippen LogP contribution in [0.15, 0.2) is 23.3 Å². The van der Waals surface area contributed by atoms with Crippen molar-refractivity contribution in [2.45, 2.75) is 118 Å². The quantitative estimate of drug-likeness (QED) is 0.227. The number of hydrogen-bond donors (Lipinski definition) is 2. The van der Waals surface area contributed by atoms with Gasteiger partial charge in [0.15, 0.2) is 11.6 Å². The summed E-state index contributed by atoms with van der Waals surface area (Å²) in [6, 6.07) is 0. The number of allylic oxidation sites excluding steroid dienone is 2. The molecule has 0 unspecified atom stereocenters. The van der Waals surface area contributed by atoms with Crippen LogP contribution in [0.25, 0.3) is 0 Å². The van der Waals surface area contributed by atoms with Crippen molar-refractivity contribution in [2.24, 2.45) is 69.5 Å². The van der Waals surface area contributed by atoms with Crippen molar-refractivity contribution in [3.05, 3.63) is 23.3 Å². The van der Waals surface area contributed by atoms with Gasteiger partial charge in [0.25, 0.3) is 0 Å². The van der Waals surface area contributed by atoms with Gasteiger partial charge in [0.1, 0.15) is 18.3 Å². The van der Waals surface area contributed by atoms with Crippen molar-refractivity contribution in [3.8, 4) is 0 Å². The predicted octanol–water partition coefficient (Wildman–Crippen LogP) is 5.17. The second kappa shape index (κ2) is 13.5. The Morgan fingerprint density at radius 3 is 1.84 bits per heavy atom. The van der Waals surface area contributed by atoms with Crippen molar-refractivity contribution < 1.29 is 48.4 Å². The highest BCUT2D eigenvalue weighted by Gasteiger charge is 2.66. The van der Waals surface area contributed by atoms with Crippen LogP contribution in [-0.2, 0) is 38.2 Å². The van der Waals surface area contributed by atoms with Crippen LogP contribution in [0.5, 0.6) is 0 Å². The average Bonchev–Trinajstić information content (AvgIpc) is 3.08. The molecule has 10 heteroatoms. The smallest absolute Gasteiger partial charge is 0.330 e. The third-order valence-corrected chi connectivity index (χ3v) is 15.6. The molecule has 0 aromatic carbocycles. The van der Waals surface area contributed by atoms with Gasteiger partial charge in [-0.15, -0.1) is 0 Å². The molecular formula is C41H58O10. The zero-order chi connectivity index (χ0) is 37.4. The standard InChI is InChI=1S/C41H58O10/c1-20-23(18-28(42)49-7)10-12-25-30(20)33(44)35(46)32-22(3)27(14-17-39(25,32)4)51-29(43)19-24-11-13-26-31(21(24)2)34(45)36(47)37-40(26,5)15-9-16-41(37,6)38(48)50-8/h18-22,25-27,30-34,37,44-45H,9-17H2,1-8H3/b23-18+,24-19+/t20-,21-,22+,25-,26-,27-,30-,31-,32+,33+,34+,37+,39+,40+,41-/m0/s1. The number of carbonyl (C=O) groups excluding carboxylic acids is 5. The highest BCUT2D eigenvalue weighted by molar-refractivity contribution is 5.94. The maximum absolute atomic E-state index is 14.0. The molecule has 0 amide bonds. The van der Waals surface area contributed by atoms with Crippen molar-refractivity contribution in [1.29, 1.82) is 0 Å². The number of fused-ring (bicyclic) bond motifs is 6. The number of methoxy groups -OCH3 is 2. The molecule has 6 rings (SSSR count). The Morgan fingerprint density at radius 1 is 0.725 bits per heavy atom. The topological polar surface area (TPSA) is 154 Å². The van der Waals surface area contributed by atoms with E-state index in [9.17, 15) is 34.2 Å². The third-order valence-electron chi connectivity index (χ3n) is 15.6. The summed E-state index contributed by atoms with van der Waals surface area (Å²) in [5.41, 5.74) is -0.0919. The van der Waals surface area contributed by atoms with Crippen LogP contribution in [-0.4, -0.2) is 72.2 Å². The van der Waals surface area contributed by atoms with E-state index < -0.39 is 58.9 Å². The number of ether oxygens (including phenoxy) is 3. The van der Waals surface area contributed by atoms with E-state index in [1.165, 1.54) is 26.4 Å². The lowest BCUT2D eigenvalue weighted by atomic mass is 9.42. The molecule has 0 aliphatic heterocycles. The molecule has 6 saturated carbocycles. The Hall–Kier alpha value is -2.85. The van der Waals surface area contributed by atoms with E-state index in [-0.39, 0.29) is 58.4 Å². The second-order valence-electron chi connectivity index (χ2n) is 17.7. The molecule has 0 saturated heterocycles. The van der Waals surface area contributed by atoms with Crippen LogP contribution >= 0.6 is 0 Å². The van der Waals surface area contributed by atoms with Crippen LogP contribution in [0.2, 0.25) is 0 Å². The summed E-state index contributed by atoms with van der Waals surface area (Å²) in [6.07, 6.45) is 6.30. The number of aliphatic hydroxyl groups excluding tert-OH is 2. The Labute approximate surface area is 302 Å². The fourth-order valence-electron chi connectivity index (χ4n) is 13.1. The summed E-state index contributed by atoms with van der Waals surface area (Å²) in [5.74, 6) is -4.20. The number of carbonyl (C=O) groups is 5. The lowest BCUT2D eigenvalue weighted by Gasteiger charge is -2.61. The van der Waals surface area contributed by atoms with E-state index in [1.807, 2.05) is 27.7 Å². The zero-order valence-corrected chi connectivity index (χ0v) is 31.6. The van der Waals surface area contributed by atoms with Gasteiger partial charge in [-0.05, 0) is 92.8 Å². The first-order valence-corrected chi connectivity index (χ1v) is 19.2. The molecule has 2 N–H and O–H groups in total. The minimum absolute atomic E-state index is 0.000745. The van der Waals surface area contributed by atoms with Gasteiger partial charge < -0.3 is 24.4 Å². The van der Waals surface area contributed by atoms with Gasteiger partial charge in [-0.1, -0.05) is 52.2 Å². The summed E-state index contributed by atoms with van der Waals surface area (Å²) >= 11 is 0. The maximum Gasteiger partial charge on any atom is 0.330 e. The first kappa shape index (κ1) is 37.9. The summed E-state index contributed by atoms with van der Waals surface area (Å²) in [7, 11) is 2.69. The normalized spacial score (nSPS) is 48.1. The number of ketones is 2. The van der Waals surface area contributed by atoms with Crippen LogP contribution in [0.4, 0.5) is 0 Å². The molecule has 0 aromatic rings. The molecule has 6 fully saturated rings. The summed E-state index contributed by atoms with van der Waals surface area (Å²) in [6.45, 7) is 12.0. The Morgan fingerprint density at radius 2 is 1.27 bits per heavy atom. The molecule has 0 bridgehead atoms. The predicted molar refractivity (Wildman–Crippen MR) is 186 cm³/mol. The summed E-state index contributed by atoms with van der Waals surface area (Å²) in [4.78, 5) is 66.6. The van der Waals surface area contributed by atoms with Gasteiger partial charge in [-0.25, -0.2) is 9.59 Å². The molecule has 0 radical (unpaired) electrons. The van der Waals surface area contributed by atoms with Gasteiger partial charge in [-0.3, -0.25) is 14.4 Å². The Bertz CT molecular complexity index is 1530. The van der Waals surface area contributed by atoms with Gasteiger partial charge in [0.05, 0.1) is 19.6 Å². The Kier molecular flexibility index (Phi) is 10.1. The van der Waals surface area contributed by atoms with E-state index in [2.05, 4.69) is 13.8 Å². The highest BCUT2D eigenvalue weighted by atomic mass is 16.5. The van der Waals surface area contributed by atoms with Crippen LogP contribution < -0.4 is 0 Å². The van der Waals surface area contributed by atoms with E-state index in [0.29, 0.717) is 38.5 Å². The number of esters is 3. The van der Waals surface area contributed by atoms with Crippen LogP contribution in [0, 0.1) is 69.5 Å². The molecule has 282 valence electrons. The number of hydrogen-bond acceptors (Lipinski definition) is 10. The monoisotopic (exact) mass is 710 g/mol. The van der Waals surface area contributed by atoms with Gasteiger partial charge in [-0.2, -0.15) is 0 Å². The molecule has 10 nitrogen and oxygen atoms in total. The van der Waals surface area contributed by atoms with E-state index >= 15 is 0 Å². The molecule has 6 aliphatic rings. The second-order valence-corrected chi connectivity index (χ2v) is 17.7. The SMILES string of the molecule is COC(=O)/C=C1\CC[C@H]2[C@@H]([C@@H](O)C(=O)[C@H]3[C@H](C)[C@@H](OC(=O)/C=C4\CC[C@H]5[C@@H]([C@@H](O)C(=O)[C@@H]6[C@]5(C)CCC[C@]6(C)C(=O)OC)[C@H]4C)CC[C@]23C)[C@H]1C. The average molecular weight is 711 g/mol. The van der Waals surface area contributed by atoms with Crippen molar-refractivity contribution in [2.75, 3.05) is 14.2 Å². The first-order chi connectivity index (χ1) is 24.0. The summed E-state index contributed by atoms with van der Waals surface area (Å²) < 4.78 is 16.1. The number of Topliss-reactive ketones (excluding diaryl/α,β-unsaturated/α-hetero) is 2. The zero-order valence-electron chi connectivity index (χ0n) is 31.6. The van der Waals surface area contributed by atoms with Crippen molar-refractivity contribution in [3.63, 3.8) is 0 Å². The van der Waals surface area contributed by atoms with Crippen LogP contribution in [0.1, 0.15) is 99.3 Å². The molecule has 0 heterocycles. The summed E-state index contributed by atoms with van der Waals surface area (Å²) in [5, 5.41) is 23.0. The molecule has 6 aliphatic carbocycles. The molecule has 0 spiro atoms. The molecule has 51 heavy (non-hydrogen) atoms. The van der Waals surface area contributed by atoms with Gasteiger partial charge in [0.2, 0.25) is 0 Å². The van der Waals surface area contributed by atoms with Crippen molar-refractivity contribution >= 4 is 29.5 Å². The van der Waals surface area contributed by atoms with Gasteiger partial charge in [0, 0.05) is 41.7 Å². The minimum atomic E-state index is -1.25. The third kappa shape index (κ3) is 5.76. The van der Waals surface area contributed by atoms with Gasteiger partial charge >= 0.3 is 17.9 Å². The molecular weight excluding hydrogens is 652 g/mol. The fraction of sp³-hybridized carbons (Fsp3) is 0.780. The largest absolute Gasteiger partial charge is 0.469 e. The Balaban J connectivity index is 1.17. The minimum Gasteiger partial charge on any atom is -0.469 e. The van der Waals surface area contributed by atoms with E-state index in [1.54, 1.807) is 0 Å². The van der Waals surface area contributed by atoms with E-state index in [4.69, 9.17) is 14.2 Å². The molecule has 0 aromatic heterocycles. The maximum atomic E-state index is 14.0. The van der Waals surface area contributed by atoms with E-state index in [0.717, 1.165) is 30.4 Å². The number of aliphatic hydroxyl groups is 2. The van der Waals surface area contributed by atoms with Crippen molar-refractivity contribution in [1.82, 2.24) is 0 Å². The lowest BCUT2D eigenvalue weighted by Crippen LogP contribution is -2.65. The highest BCUT2D eigenvalue weighted by Crippen LogP contribution is 2.65. The molecule has 15 atom stereocenters. The fourth-order valence-corrected chi connectivity index (χ4v) is 13.1. The first-order valence-electron chi connectivity index (χ1n) is 19.2.